The van der Waals surface area contributed by atoms with Crippen LogP contribution in [0.4, 0.5) is 0 Å². The third-order valence-corrected chi connectivity index (χ3v) is 7.32. The second kappa shape index (κ2) is 10.8. The molecule has 1 saturated heterocycles. The van der Waals surface area contributed by atoms with E-state index in [1.807, 2.05) is 42.5 Å². The summed E-state index contributed by atoms with van der Waals surface area (Å²) in [6.07, 6.45) is 5.03. The molecular weight excluding hydrogens is 528 g/mol. The topological polar surface area (TPSA) is 86.3 Å². The van der Waals surface area contributed by atoms with Gasteiger partial charge in [0.15, 0.2) is 17.3 Å². The van der Waals surface area contributed by atoms with Crippen LogP contribution in [0.2, 0.25) is 0 Å². The van der Waals surface area contributed by atoms with Crippen molar-refractivity contribution in [3.8, 4) is 17.2 Å². The molecule has 190 valence electrons. The molecule has 0 aromatic heterocycles. The zero-order chi connectivity index (χ0) is 25.1. The third kappa shape index (κ3) is 5.31. The Balaban J connectivity index is 1.26. The van der Waals surface area contributed by atoms with Crippen LogP contribution in [-0.2, 0) is 14.3 Å². The first-order valence-corrected chi connectivity index (χ1v) is 13.0. The van der Waals surface area contributed by atoms with Gasteiger partial charge in [-0.05, 0) is 71.1 Å². The van der Waals surface area contributed by atoms with Crippen LogP contribution in [0.1, 0.15) is 31.2 Å². The molecule has 3 aliphatic rings. The monoisotopic (exact) mass is 556 g/mol. The number of carbonyl (C=O) groups excluding carboxylic acids is 2. The zero-order valence-corrected chi connectivity index (χ0v) is 21.7. The van der Waals surface area contributed by atoms with Crippen molar-refractivity contribution in [2.75, 3.05) is 26.8 Å². The van der Waals surface area contributed by atoms with E-state index in [9.17, 15) is 9.59 Å². The molecule has 36 heavy (non-hydrogen) atoms. The number of rotatable bonds is 6. The standard InChI is InChI=1S/C27H29BrN2O6/c1-33-21-11-10-17(12-19(21)28)13-25-27(32)30(20-6-2-3-7-22(20)36-25)15-26(31)29-14-18-16-34-23-8-4-5-9-24(23)35-18/h4-5,8-13,18,20,22H,2-3,6-7,14-16H2,1H3,(H,29,31)/b25-13-. The fourth-order valence-electron chi connectivity index (χ4n) is 4.89. The highest BCUT2D eigenvalue weighted by molar-refractivity contribution is 9.10. The van der Waals surface area contributed by atoms with Crippen molar-refractivity contribution in [1.29, 1.82) is 0 Å². The summed E-state index contributed by atoms with van der Waals surface area (Å²) in [5.41, 5.74) is 0.805. The molecule has 3 atom stereocenters. The largest absolute Gasteiger partial charge is 0.496 e. The number of halogens is 1. The van der Waals surface area contributed by atoms with Gasteiger partial charge in [0.1, 0.15) is 31.1 Å². The second-order valence-corrected chi connectivity index (χ2v) is 10.00. The first-order chi connectivity index (χ1) is 17.5. The van der Waals surface area contributed by atoms with Crippen molar-refractivity contribution in [3.63, 3.8) is 0 Å². The molecule has 2 aromatic carbocycles. The Kier molecular flexibility index (Phi) is 7.36. The first-order valence-electron chi connectivity index (χ1n) is 12.2. The Labute approximate surface area is 218 Å². The number of amides is 2. The molecule has 9 heteroatoms. The van der Waals surface area contributed by atoms with Crippen molar-refractivity contribution >= 4 is 33.8 Å². The summed E-state index contributed by atoms with van der Waals surface area (Å²) in [4.78, 5) is 28.0. The van der Waals surface area contributed by atoms with Gasteiger partial charge in [0, 0.05) is 0 Å². The number of hydrogen-bond acceptors (Lipinski definition) is 6. The number of morpholine rings is 1. The Morgan fingerprint density at radius 3 is 2.78 bits per heavy atom. The summed E-state index contributed by atoms with van der Waals surface area (Å²) in [5, 5.41) is 2.91. The van der Waals surface area contributed by atoms with Gasteiger partial charge >= 0.3 is 0 Å². The number of para-hydroxylation sites is 2. The van der Waals surface area contributed by atoms with E-state index in [4.69, 9.17) is 18.9 Å². The van der Waals surface area contributed by atoms with Crippen LogP contribution in [0.25, 0.3) is 6.08 Å². The van der Waals surface area contributed by atoms with Gasteiger partial charge in [-0.15, -0.1) is 0 Å². The molecule has 3 unspecified atom stereocenters. The Morgan fingerprint density at radius 2 is 1.97 bits per heavy atom. The minimum absolute atomic E-state index is 0.0306. The van der Waals surface area contributed by atoms with Gasteiger partial charge < -0.3 is 29.2 Å². The smallest absolute Gasteiger partial charge is 0.289 e. The van der Waals surface area contributed by atoms with Crippen molar-refractivity contribution in [2.24, 2.45) is 0 Å². The van der Waals surface area contributed by atoms with Crippen molar-refractivity contribution in [3.05, 3.63) is 58.3 Å². The van der Waals surface area contributed by atoms with Crippen LogP contribution >= 0.6 is 15.9 Å². The average molecular weight is 557 g/mol. The number of nitrogens with one attached hydrogen (secondary N) is 1. The van der Waals surface area contributed by atoms with E-state index in [0.717, 1.165) is 35.7 Å². The first kappa shape index (κ1) is 24.5. The van der Waals surface area contributed by atoms with Crippen LogP contribution in [0.5, 0.6) is 17.2 Å². The Hall–Kier alpha value is -3.20. The van der Waals surface area contributed by atoms with Crippen molar-refractivity contribution in [2.45, 2.75) is 43.9 Å². The highest BCUT2D eigenvalue weighted by atomic mass is 79.9. The minimum atomic E-state index is -0.296. The highest BCUT2D eigenvalue weighted by Crippen LogP contribution is 2.34. The SMILES string of the molecule is COc1ccc(/C=C2\OC3CCCCC3N(CC(=O)NCC3COc4ccccc4O3)C2=O)cc1Br. The fraction of sp³-hybridized carbons (Fsp3) is 0.407. The maximum absolute atomic E-state index is 13.4. The van der Waals surface area contributed by atoms with Gasteiger partial charge in [0.2, 0.25) is 5.91 Å². The lowest BCUT2D eigenvalue weighted by atomic mass is 9.89. The number of methoxy groups -OCH3 is 1. The van der Waals surface area contributed by atoms with Gasteiger partial charge in [-0.3, -0.25) is 9.59 Å². The Morgan fingerprint density at radius 1 is 1.17 bits per heavy atom. The van der Waals surface area contributed by atoms with Crippen molar-refractivity contribution in [1.82, 2.24) is 10.2 Å². The van der Waals surface area contributed by atoms with Crippen LogP contribution in [0.3, 0.4) is 0 Å². The predicted molar refractivity (Wildman–Crippen MR) is 137 cm³/mol. The van der Waals surface area contributed by atoms with E-state index in [-0.39, 0.29) is 42.4 Å². The van der Waals surface area contributed by atoms with E-state index in [2.05, 4.69) is 21.2 Å². The minimum Gasteiger partial charge on any atom is -0.496 e. The second-order valence-electron chi connectivity index (χ2n) is 9.15. The molecule has 0 radical (unpaired) electrons. The van der Waals surface area contributed by atoms with E-state index < -0.39 is 0 Å². The Bertz CT molecular complexity index is 1170. The summed E-state index contributed by atoms with van der Waals surface area (Å²) in [6.45, 7) is 0.613. The molecule has 1 N–H and O–H groups in total. The molecule has 8 nitrogen and oxygen atoms in total. The maximum Gasteiger partial charge on any atom is 0.289 e. The molecule has 0 bridgehead atoms. The highest BCUT2D eigenvalue weighted by Gasteiger charge is 2.42. The number of carbonyl (C=O) groups is 2. The van der Waals surface area contributed by atoms with Gasteiger partial charge in [-0.1, -0.05) is 24.6 Å². The molecule has 2 aliphatic heterocycles. The number of hydrogen-bond donors (Lipinski definition) is 1. The molecule has 5 rings (SSSR count). The summed E-state index contributed by atoms with van der Waals surface area (Å²) in [7, 11) is 1.60. The lowest BCUT2D eigenvalue weighted by Crippen LogP contribution is -2.57. The quantitative estimate of drug-likeness (QED) is 0.542. The maximum atomic E-state index is 13.4. The van der Waals surface area contributed by atoms with Crippen LogP contribution < -0.4 is 19.5 Å². The number of benzene rings is 2. The molecule has 2 heterocycles. The molecule has 1 saturated carbocycles. The van der Waals surface area contributed by atoms with Gasteiger partial charge in [0.05, 0.1) is 24.2 Å². The summed E-state index contributed by atoms with van der Waals surface area (Å²) < 4.78 is 23.9. The normalized spacial score (nSPS) is 24.1. The summed E-state index contributed by atoms with van der Waals surface area (Å²) in [5.74, 6) is 1.81. The lowest BCUT2D eigenvalue weighted by molar-refractivity contribution is -0.151. The third-order valence-electron chi connectivity index (χ3n) is 6.70. The number of fused-ring (bicyclic) bond motifs is 2. The molecule has 1 aliphatic carbocycles. The van der Waals surface area contributed by atoms with E-state index >= 15 is 0 Å². The molecule has 0 spiro atoms. The van der Waals surface area contributed by atoms with Gasteiger partial charge in [-0.2, -0.15) is 0 Å². The average Bonchev–Trinajstić information content (AvgIpc) is 2.90. The van der Waals surface area contributed by atoms with Crippen LogP contribution in [-0.4, -0.2) is 61.8 Å². The zero-order valence-electron chi connectivity index (χ0n) is 20.1. The van der Waals surface area contributed by atoms with Crippen LogP contribution in [0.15, 0.2) is 52.7 Å². The van der Waals surface area contributed by atoms with Gasteiger partial charge in [0.25, 0.3) is 5.91 Å². The number of nitrogens with zero attached hydrogens (tertiary/aromatic N) is 1. The van der Waals surface area contributed by atoms with E-state index in [1.165, 1.54) is 0 Å². The van der Waals surface area contributed by atoms with Gasteiger partial charge in [-0.25, -0.2) is 0 Å². The van der Waals surface area contributed by atoms with Crippen molar-refractivity contribution < 1.29 is 28.5 Å². The fourth-order valence-corrected chi connectivity index (χ4v) is 5.45. The molecule has 2 aromatic rings. The van der Waals surface area contributed by atoms with E-state index in [1.54, 1.807) is 18.1 Å². The molecular formula is C27H29BrN2O6. The summed E-state index contributed by atoms with van der Waals surface area (Å²) >= 11 is 3.48. The molecule has 2 amide bonds. The molecule has 2 fully saturated rings. The van der Waals surface area contributed by atoms with Crippen LogP contribution in [0, 0.1) is 0 Å². The number of ether oxygens (including phenoxy) is 4. The van der Waals surface area contributed by atoms with E-state index in [0.29, 0.717) is 30.4 Å². The lowest BCUT2D eigenvalue weighted by Gasteiger charge is -2.44. The summed E-state index contributed by atoms with van der Waals surface area (Å²) in [6, 6.07) is 12.9. The predicted octanol–water partition coefficient (Wildman–Crippen LogP) is 3.92.